The third kappa shape index (κ3) is 10.1. The molecule has 2 fully saturated rings. The zero-order valence-corrected chi connectivity index (χ0v) is 31.3. The summed E-state index contributed by atoms with van der Waals surface area (Å²) in [6.07, 6.45) is 5.35. The van der Waals surface area contributed by atoms with Gasteiger partial charge in [-0.15, -0.1) is 6.58 Å². The molecular formula is C38H54ClN3O7. The lowest BCUT2D eigenvalue weighted by atomic mass is 9.77. The van der Waals surface area contributed by atoms with Crippen LogP contribution in [0.5, 0.6) is 11.6 Å². The number of halogens is 1. The van der Waals surface area contributed by atoms with E-state index < -0.39 is 46.9 Å². The first kappa shape index (κ1) is 38.4. The number of nitrogens with zero attached hydrogens (tertiary/aromatic N) is 3. The Bertz CT molecular complexity index is 1520. The van der Waals surface area contributed by atoms with Gasteiger partial charge in [0.05, 0.1) is 37.0 Å². The Hall–Kier alpha value is -3.40. The zero-order chi connectivity index (χ0) is 36.3. The van der Waals surface area contributed by atoms with E-state index in [-0.39, 0.29) is 41.9 Å². The highest BCUT2D eigenvalue weighted by Gasteiger charge is 2.53. The number of rotatable bonds is 14. The van der Waals surface area contributed by atoms with Crippen molar-refractivity contribution >= 4 is 40.5 Å². The Morgan fingerprint density at radius 2 is 1.80 bits per heavy atom. The molecule has 1 saturated carbocycles. The third-order valence-electron chi connectivity index (χ3n) is 9.17. The van der Waals surface area contributed by atoms with Gasteiger partial charge in [0.1, 0.15) is 29.6 Å². The fourth-order valence-electron chi connectivity index (χ4n) is 6.60. The van der Waals surface area contributed by atoms with Gasteiger partial charge in [0.2, 0.25) is 5.91 Å². The van der Waals surface area contributed by atoms with Crippen molar-refractivity contribution in [3.63, 3.8) is 0 Å². The number of unbranched alkanes of at least 4 members (excludes halogenated alkanes) is 1. The predicted octanol–water partition coefficient (Wildman–Crippen LogP) is 7.59. The maximum atomic E-state index is 14.7. The van der Waals surface area contributed by atoms with E-state index in [4.69, 9.17) is 30.5 Å². The van der Waals surface area contributed by atoms with Crippen LogP contribution < -0.4 is 9.47 Å². The SMILES string of the molecule is C=CCCC[C@@H]1C[C@H]1OC(=O)C[C@H](C(=O)N1C[C@H](Oc2nc3cc(OC)ccc3nc2Cl)[C@@H](CC(C)C)[C@H]1C(=O)OC(C)(C)C)C(C)(C)C. The molecule has 2 aromatic rings. The summed E-state index contributed by atoms with van der Waals surface area (Å²) in [5.41, 5.74) is -0.307. The molecular weight excluding hydrogens is 646 g/mol. The molecule has 1 amide bonds. The Balaban J connectivity index is 1.65. The van der Waals surface area contributed by atoms with Gasteiger partial charge in [-0.3, -0.25) is 9.59 Å². The average Bonchev–Trinajstić information content (AvgIpc) is 3.63. The summed E-state index contributed by atoms with van der Waals surface area (Å²) < 4.78 is 23.6. The minimum atomic E-state index is -0.954. The monoisotopic (exact) mass is 699 g/mol. The van der Waals surface area contributed by atoms with Gasteiger partial charge in [0.15, 0.2) is 5.15 Å². The zero-order valence-electron chi connectivity index (χ0n) is 30.6. The lowest BCUT2D eigenvalue weighted by Crippen LogP contribution is -2.50. The van der Waals surface area contributed by atoms with Crippen molar-refractivity contribution in [1.29, 1.82) is 0 Å². The van der Waals surface area contributed by atoms with E-state index in [1.807, 2.05) is 26.8 Å². The number of hydrogen-bond donors (Lipinski definition) is 0. The number of hydrogen-bond acceptors (Lipinski definition) is 9. The van der Waals surface area contributed by atoms with Gasteiger partial charge in [-0.05, 0) is 82.3 Å². The smallest absolute Gasteiger partial charge is 0.329 e. The molecule has 0 unspecified atom stereocenters. The molecule has 49 heavy (non-hydrogen) atoms. The summed E-state index contributed by atoms with van der Waals surface area (Å²) in [7, 11) is 1.57. The van der Waals surface area contributed by atoms with E-state index in [0.717, 1.165) is 25.7 Å². The van der Waals surface area contributed by atoms with Crippen molar-refractivity contribution in [2.75, 3.05) is 13.7 Å². The molecule has 0 radical (unpaired) electrons. The van der Waals surface area contributed by atoms with Crippen LogP contribution in [-0.4, -0.2) is 70.2 Å². The number of fused-ring (bicyclic) bond motifs is 1. The van der Waals surface area contributed by atoms with Gasteiger partial charge >= 0.3 is 11.9 Å². The summed E-state index contributed by atoms with van der Waals surface area (Å²) in [4.78, 5) is 52.7. The third-order valence-corrected chi connectivity index (χ3v) is 9.42. The molecule has 2 heterocycles. The van der Waals surface area contributed by atoms with Crippen LogP contribution in [0, 0.1) is 29.1 Å². The minimum absolute atomic E-state index is 0.0674. The number of allylic oxidation sites excluding steroid dienone is 1. The summed E-state index contributed by atoms with van der Waals surface area (Å²) in [6.45, 7) is 19.1. The Kier molecular flexibility index (Phi) is 12.3. The molecule has 0 spiro atoms. The van der Waals surface area contributed by atoms with Crippen molar-refractivity contribution in [2.45, 2.75) is 118 Å². The number of carbonyl (C=O) groups excluding carboxylic acids is 3. The molecule has 270 valence electrons. The molecule has 4 rings (SSSR count). The standard InChI is InChI=1S/C38H54ClN3O7/c1-11-12-13-14-23-18-29(23)47-31(43)20-26(37(4,5)6)35(44)42-21-30(25(17-22(2)3)32(42)36(45)49-38(7,8)9)48-34-33(39)40-27-16-15-24(46-10)19-28(27)41-34/h11,15-16,19,22-23,25-26,29-30,32H,1,12-14,17-18,20-21H2,2-10H3/t23-,25-,26-,29-,30+,32+/m1/s1. The number of benzene rings is 1. The lowest BCUT2D eigenvalue weighted by molar-refractivity contribution is -0.167. The maximum absolute atomic E-state index is 14.7. The van der Waals surface area contributed by atoms with E-state index in [9.17, 15) is 14.4 Å². The van der Waals surface area contributed by atoms with Crippen molar-refractivity contribution in [2.24, 2.45) is 29.1 Å². The Morgan fingerprint density at radius 1 is 1.08 bits per heavy atom. The normalized spacial score (nSPS) is 22.9. The van der Waals surface area contributed by atoms with Crippen LogP contribution in [0.2, 0.25) is 5.15 Å². The average molecular weight is 700 g/mol. The van der Waals surface area contributed by atoms with Crippen LogP contribution in [0.4, 0.5) is 0 Å². The fraction of sp³-hybridized carbons (Fsp3) is 0.658. The van der Waals surface area contributed by atoms with E-state index >= 15 is 0 Å². The van der Waals surface area contributed by atoms with Gasteiger partial charge in [0.25, 0.3) is 5.88 Å². The molecule has 1 saturated heterocycles. The number of amides is 1. The van der Waals surface area contributed by atoms with Crippen molar-refractivity contribution in [3.8, 4) is 11.6 Å². The highest BCUT2D eigenvalue weighted by molar-refractivity contribution is 6.31. The molecule has 1 aliphatic carbocycles. The maximum Gasteiger partial charge on any atom is 0.329 e. The summed E-state index contributed by atoms with van der Waals surface area (Å²) in [5.74, 6) is -1.24. The van der Waals surface area contributed by atoms with Gasteiger partial charge in [-0.25, -0.2) is 14.8 Å². The molecule has 1 aromatic carbocycles. The van der Waals surface area contributed by atoms with Crippen LogP contribution in [0.25, 0.3) is 11.0 Å². The lowest BCUT2D eigenvalue weighted by Gasteiger charge is -2.36. The second-order valence-electron chi connectivity index (χ2n) is 16.0. The number of ether oxygens (including phenoxy) is 4. The molecule has 2 aliphatic rings. The van der Waals surface area contributed by atoms with Crippen LogP contribution in [0.1, 0.15) is 93.9 Å². The largest absolute Gasteiger partial charge is 0.497 e. The van der Waals surface area contributed by atoms with Crippen LogP contribution in [0.3, 0.4) is 0 Å². The van der Waals surface area contributed by atoms with Crippen LogP contribution in [-0.2, 0) is 23.9 Å². The first-order valence-corrected chi connectivity index (χ1v) is 17.8. The van der Waals surface area contributed by atoms with E-state index in [2.05, 4.69) is 30.4 Å². The second kappa shape index (κ2) is 15.7. The molecule has 1 aromatic heterocycles. The van der Waals surface area contributed by atoms with Crippen LogP contribution >= 0.6 is 11.6 Å². The molecule has 10 nitrogen and oxygen atoms in total. The second-order valence-corrected chi connectivity index (χ2v) is 16.3. The first-order chi connectivity index (χ1) is 22.9. The molecule has 6 atom stereocenters. The Labute approximate surface area is 296 Å². The van der Waals surface area contributed by atoms with Crippen LogP contribution in [0.15, 0.2) is 30.9 Å². The number of likely N-dealkylation sites (tertiary alicyclic amines) is 1. The number of methoxy groups -OCH3 is 1. The van der Waals surface area contributed by atoms with Gasteiger partial charge in [-0.1, -0.05) is 52.3 Å². The van der Waals surface area contributed by atoms with Crippen molar-refractivity contribution < 1.29 is 33.3 Å². The molecule has 11 heteroatoms. The first-order valence-electron chi connectivity index (χ1n) is 17.4. The van der Waals surface area contributed by atoms with E-state index in [1.165, 1.54) is 0 Å². The number of aromatic nitrogens is 2. The predicted molar refractivity (Wildman–Crippen MR) is 189 cm³/mol. The molecule has 1 aliphatic heterocycles. The summed E-state index contributed by atoms with van der Waals surface area (Å²) in [5, 5.41) is 0.0674. The van der Waals surface area contributed by atoms with Gasteiger partial charge in [-0.2, -0.15) is 0 Å². The summed E-state index contributed by atoms with van der Waals surface area (Å²) in [6, 6.07) is 4.32. The molecule has 0 bridgehead atoms. The highest BCUT2D eigenvalue weighted by Crippen LogP contribution is 2.42. The number of carbonyl (C=O) groups is 3. The fourth-order valence-corrected chi connectivity index (χ4v) is 6.78. The quantitative estimate of drug-likeness (QED) is 0.112. The number of esters is 2. The van der Waals surface area contributed by atoms with E-state index in [1.54, 1.807) is 51.0 Å². The van der Waals surface area contributed by atoms with E-state index in [0.29, 0.717) is 29.1 Å². The van der Waals surface area contributed by atoms with Gasteiger partial charge in [0, 0.05) is 12.0 Å². The topological polar surface area (TPSA) is 117 Å². The minimum Gasteiger partial charge on any atom is -0.497 e. The summed E-state index contributed by atoms with van der Waals surface area (Å²) >= 11 is 6.60. The Morgan fingerprint density at radius 3 is 2.41 bits per heavy atom. The highest BCUT2D eigenvalue weighted by atomic mass is 35.5. The van der Waals surface area contributed by atoms with Crippen molar-refractivity contribution in [1.82, 2.24) is 14.9 Å². The molecule has 0 N–H and O–H groups in total. The van der Waals surface area contributed by atoms with Crippen molar-refractivity contribution in [3.05, 3.63) is 36.0 Å². The van der Waals surface area contributed by atoms with Gasteiger partial charge < -0.3 is 23.8 Å².